The number of nitrogens with zero attached hydrogens (tertiary/aromatic N) is 3. The van der Waals surface area contributed by atoms with Gasteiger partial charge < -0.3 is 20.5 Å². The third-order valence-electron chi connectivity index (χ3n) is 8.72. The maximum Gasteiger partial charge on any atom is 0.225 e. The van der Waals surface area contributed by atoms with E-state index >= 15 is 0 Å². The molecule has 2 aliphatic carbocycles. The van der Waals surface area contributed by atoms with Crippen LogP contribution in [-0.4, -0.2) is 38.5 Å². The van der Waals surface area contributed by atoms with Crippen molar-refractivity contribution in [3.63, 3.8) is 0 Å². The molecule has 1 saturated heterocycles. The fourth-order valence-electron chi connectivity index (χ4n) is 6.51. The first-order valence-electron chi connectivity index (χ1n) is 13.4. The predicted octanol–water partition coefficient (Wildman–Crippen LogP) is 4.88. The van der Waals surface area contributed by atoms with Crippen LogP contribution in [0.4, 0.5) is 5.82 Å². The van der Waals surface area contributed by atoms with Crippen LogP contribution in [-0.2, 0) is 14.9 Å². The number of para-hydroxylation sites is 1. The van der Waals surface area contributed by atoms with Crippen LogP contribution in [0, 0.1) is 5.92 Å². The smallest absolute Gasteiger partial charge is 0.225 e. The van der Waals surface area contributed by atoms with Crippen molar-refractivity contribution in [2.75, 3.05) is 12.3 Å². The molecule has 2 atom stereocenters. The SMILES string of the molecule is CC(C(=O)NC12CCC(c3nc(-c4ccc(Oc5ccccc5)cc4)c4c(N)nccn34)(CC1)C2)C1CO1. The summed E-state index contributed by atoms with van der Waals surface area (Å²) in [6, 6.07) is 17.7. The number of imidazole rings is 1. The van der Waals surface area contributed by atoms with Gasteiger partial charge in [0.05, 0.1) is 18.6 Å². The fraction of sp³-hybridized carbons (Fsp3) is 0.367. The zero-order valence-corrected chi connectivity index (χ0v) is 21.4. The summed E-state index contributed by atoms with van der Waals surface area (Å²) < 4.78 is 13.5. The number of amides is 1. The van der Waals surface area contributed by atoms with Gasteiger partial charge in [0.1, 0.15) is 34.4 Å². The lowest BCUT2D eigenvalue weighted by Crippen LogP contribution is -2.48. The number of hydrogen-bond acceptors (Lipinski definition) is 6. The Bertz CT molecular complexity index is 1500. The van der Waals surface area contributed by atoms with Gasteiger partial charge in [-0.25, -0.2) is 9.97 Å². The molecule has 2 saturated carbocycles. The summed E-state index contributed by atoms with van der Waals surface area (Å²) in [5.74, 6) is 3.00. The highest BCUT2D eigenvalue weighted by molar-refractivity contribution is 5.86. The normalized spacial score (nSPS) is 26.4. The number of rotatable bonds is 7. The number of ether oxygens (including phenoxy) is 2. The van der Waals surface area contributed by atoms with Crippen LogP contribution < -0.4 is 15.8 Å². The lowest BCUT2D eigenvalue weighted by Gasteiger charge is -2.29. The quantitative estimate of drug-likeness (QED) is 0.344. The van der Waals surface area contributed by atoms with E-state index in [0.717, 1.165) is 66.2 Å². The van der Waals surface area contributed by atoms with Crippen molar-refractivity contribution in [1.29, 1.82) is 0 Å². The number of nitrogens with one attached hydrogen (secondary N) is 1. The zero-order chi connectivity index (χ0) is 25.9. The minimum atomic E-state index is -0.179. The number of carbonyl (C=O) groups is 1. The van der Waals surface area contributed by atoms with E-state index in [0.29, 0.717) is 12.4 Å². The highest BCUT2D eigenvalue weighted by Crippen LogP contribution is 2.58. The van der Waals surface area contributed by atoms with E-state index in [2.05, 4.69) is 14.7 Å². The maximum absolute atomic E-state index is 12.9. The highest BCUT2D eigenvalue weighted by Gasteiger charge is 2.58. The molecule has 7 rings (SSSR count). The maximum atomic E-state index is 12.9. The number of epoxide rings is 1. The number of nitrogen functional groups attached to an aromatic ring is 1. The minimum Gasteiger partial charge on any atom is -0.457 e. The molecule has 8 nitrogen and oxygen atoms in total. The average Bonchev–Trinajstić information content (AvgIpc) is 3.47. The number of anilines is 1. The minimum absolute atomic E-state index is 0.0673. The van der Waals surface area contributed by atoms with E-state index in [1.807, 2.05) is 67.7 Å². The standard InChI is InChI=1S/C30H31N5O3/c1-19(23-17-37-23)27(36)34-30-13-11-29(18-30,12-14-30)28-33-24(25-26(31)32-15-16-35(25)28)20-7-9-22(10-8-20)38-21-5-3-2-4-6-21/h2-10,15-16,19,23H,11-14,17-18H2,1H3,(H2,31,32)(H,34,36). The van der Waals surface area contributed by atoms with Gasteiger partial charge in [-0.3, -0.25) is 9.20 Å². The van der Waals surface area contributed by atoms with Crippen molar-refractivity contribution in [3.05, 3.63) is 72.8 Å². The largest absolute Gasteiger partial charge is 0.457 e. The molecule has 1 aliphatic heterocycles. The van der Waals surface area contributed by atoms with E-state index in [9.17, 15) is 4.79 Å². The summed E-state index contributed by atoms with van der Waals surface area (Å²) in [6.07, 6.45) is 8.51. The number of carbonyl (C=O) groups excluding carboxylic acids is 1. The highest BCUT2D eigenvalue weighted by atomic mass is 16.6. The lowest BCUT2D eigenvalue weighted by molar-refractivity contribution is -0.127. The van der Waals surface area contributed by atoms with Crippen LogP contribution in [0.2, 0.25) is 0 Å². The molecule has 0 spiro atoms. The van der Waals surface area contributed by atoms with Gasteiger partial charge in [0.15, 0.2) is 0 Å². The summed E-state index contributed by atoms with van der Waals surface area (Å²) in [4.78, 5) is 22.6. The van der Waals surface area contributed by atoms with Crippen molar-refractivity contribution in [1.82, 2.24) is 19.7 Å². The number of benzene rings is 2. The van der Waals surface area contributed by atoms with Crippen LogP contribution in [0.5, 0.6) is 11.5 Å². The molecule has 38 heavy (non-hydrogen) atoms. The second-order valence-corrected chi connectivity index (χ2v) is 11.1. The Kier molecular flexibility index (Phi) is 5.23. The molecule has 2 unspecified atom stereocenters. The molecule has 3 fully saturated rings. The van der Waals surface area contributed by atoms with Crippen LogP contribution in [0.25, 0.3) is 16.8 Å². The molecule has 3 N–H and O–H groups in total. The van der Waals surface area contributed by atoms with Crippen LogP contribution >= 0.6 is 0 Å². The first-order chi connectivity index (χ1) is 18.5. The third-order valence-corrected chi connectivity index (χ3v) is 8.72. The Morgan fingerprint density at radius 2 is 1.82 bits per heavy atom. The molecule has 4 aromatic rings. The van der Waals surface area contributed by atoms with E-state index in [1.165, 1.54) is 0 Å². The van der Waals surface area contributed by atoms with Crippen molar-refractivity contribution in [2.45, 2.75) is 56.1 Å². The second kappa shape index (κ2) is 8.56. The van der Waals surface area contributed by atoms with Crippen molar-refractivity contribution >= 4 is 17.2 Å². The summed E-state index contributed by atoms with van der Waals surface area (Å²) in [7, 11) is 0. The summed E-state index contributed by atoms with van der Waals surface area (Å²) >= 11 is 0. The zero-order valence-electron chi connectivity index (χ0n) is 21.4. The molecule has 1 amide bonds. The summed E-state index contributed by atoms with van der Waals surface area (Å²) in [6.45, 7) is 2.64. The first-order valence-corrected chi connectivity index (χ1v) is 13.4. The summed E-state index contributed by atoms with van der Waals surface area (Å²) in [5, 5.41) is 3.42. The lowest BCUT2D eigenvalue weighted by atomic mass is 9.83. The summed E-state index contributed by atoms with van der Waals surface area (Å²) in [5.41, 5.74) is 8.73. The molecule has 2 aromatic carbocycles. The number of hydrogen-bond donors (Lipinski definition) is 2. The van der Waals surface area contributed by atoms with E-state index in [1.54, 1.807) is 6.20 Å². The van der Waals surface area contributed by atoms with Crippen LogP contribution in [0.15, 0.2) is 67.0 Å². The molecule has 3 heterocycles. The molecular weight excluding hydrogens is 478 g/mol. The Morgan fingerprint density at radius 3 is 2.53 bits per heavy atom. The molecule has 0 radical (unpaired) electrons. The van der Waals surface area contributed by atoms with Gasteiger partial charge in [-0.1, -0.05) is 25.1 Å². The third kappa shape index (κ3) is 3.82. The van der Waals surface area contributed by atoms with Crippen LogP contribution in [0.1, 0.15) is 44.9 Å². The van der Waals surface area contributed by atoms with Gasteiger partial charge in [-0.05, 0) is 68.5 Å². The molecule has 2 bridgehead atoms. The number of fused-ring (bicyclic) bond motifs is 3. The Balaban J connectivity index is 1.21. The Morgan fingerprint density at radius 1 is 1.11 bits per heavy atom. The Labute approximate surface area is 221 Å². The van der Waals surface area contributed by atoms with E-state index in [-0.39, 0.29) is 28.9 Å². The topological polar surface area (TPSA) is 107 Å². The van der Waals surface area contributed by atoms with Gasteiger partial charge in [0.2, 0.25) is 5.91 Å². The number of nitrogens with two attached hydrogens (primary N) is 1. The molecule has 8 heteroatoms. The average molecular weight is 510 g/mol. The van der Waals surface area contributed by atoms with Crippen LogP contribution in [0.3, 0.4) is 0 Å². The van der Waals surface area contributed by atoms with Crippen molar-refractivity contribution < 1.29 is 14.3 Å². The predicted molar refractivity (Wildman–Crippen MR) is 144 cm³/mol. The monoisotopic (exact) mass is 509 g/mol. The number of aromatic nitrogens is 3. The molecule has 3 aliphatic rings. The Hall–Kier alpha value is -3.91. The van der Waals surface area contributed by atoms with Gasteiger partial charge in [0, 0.05) is 28.9 Å². The van der Waals surface area contributed by atoms with Crippen molar-refractivity contribution in [3.8, 4) is 22.8 Å². The molecule has 2 aromatic heterocycles. The van der Waals surface area contributed by atoms with E-state index < -0.39 is 0 Å². The fourth-order valence-corrected chi connectivity index (χ4v) is 6.51. The molecule has 194 valence electrons. The first kappa shape index (κ1) is 23.2. The second-order valence-electron chi connectivity index (χ2n) is 11.1. The van der Waals surface area contributed by atoms with E-state index in [4.69, 9.17) is 20.2 Å². The van der Waals surface area contributed by atoms with Gasteiger partial charge in [0.25, 0.3) is 0 Å². The van der Waals surface area contributed by atoms with Gasteiger partial charge >= 0.3 is 0 Å². The van der Waals surface area contributed by atoms with Crippen molar-refractivity contribution in [2.24, 2.45) is 5.92 Å². The van der Waals surface area contributed by atoms with Gasteiger partial charge in [-0.15, -0.1) is 0 Å². The molecular formula is C30H31N5O3. The van der Waals surface area contributed by atoms with Gasteiger partial charge in [-0.2, -0.15) is 0 Å².